The molecule has 0 aromatic heterocycles. The van der Waals surface area contributed by atoms with Crippen molar-refractivity contribution in [1.82, 2.24) is 10.0 Å². The number of amides is 2. The first-order valence-corrected chi connectivity index (χ1v) is 11.0. The maximum absolute atomic E-state index is 12.5. The van der Waals surface area contributed by atoms with Crippen LogP contribution < -0.4 is 20.1 Å². The highest BCUT2D eigenvalue weighted by molar-refractivity contribution is 7.89. The monoisotopic (exact) mass is 433 g/mol. The second kappa shape index (κ2) is 10.2. The highest BCUT2D eigenvalue weighted by atomic mass is 32.2. The van der Waals surface area contributed by atoms with Crippen molar-refractivity contribution < 1.29 is 22.7 Å². The normalized spacial score (nSPS) is 11.2. The molecule has 0 fully saturated rings. The highest BCUT2D eigenvalue weighted by Gasteiger charge is 2.19. The van der Waals surface area contributed by atoms with Gasteiger partial charge in [0.25, 0.3) is 5.91 Å². The zero-order valence-corrected chi connectivity index (χ0v) is 18.3. The van der Waals surface area contributed by atoms with E-state index in [4.69, 9.17) is 4.74 Å². The number of methoxy groups -OCH3 is 1. The van der Waals surface area contributed by atoms with E-state index in [2.05, 4.69) is 15.4 Å². The van der Waals surface area contributed by atoms with Gasteiger partial charge in [0.15, 0.2) is 0 Å². The quantitative estimate of drug-likeness (QED) is 0.525. The lowest BCUT2D eigenvalue weighted by atomic mass is 10.1. The zero-order chi connectivity index (χ0) is 22.3. The summed E-state index contributed by atoms with van der Waals surface area (Å²) >= 11 is 0. The Balaban J connectivity index is 1.89. The second-order valence-corrected chi connectivity index (χ2v) is 8.76. The predicted octanol–water partition coefficient (Wildman–Crippen LogP) is 2.31. The van der Waals surface area contributed by atoms with E-state index in [9.17, 15) is 18.0 Å². The third-order valence-corrected chi connectivity index (χ3v) is 5.73. The Morgan fingerprint density at radius 2 is 1.70 bits per heavy atom. The number of anilines is 1. The van der Waals surface area contributed by atoms with Crippen molar-refractivity contribution in [2.24, 2.45) is 5.92 Å². The van der Waals surface area contributed by atoms with Crippen molar-refractivity contribution in [1.29, 1.82) is 0 Å². The summed E-state index contributed by atoms with van der Waals surface area (Å²) < 4.78 is 32.6. The van der Waals surface area contributed by atoms with Crippen LogP contribution in [0.4, 0.5) is 5.69 Å². The number of aryl methyl sites for hydroxylation is 1. The van der Waals surface area contributed by atoms with Gasteiger partial charge in [-0.05, 0) is 48.9 Å². The second-order valence-electron chi connectivity index (χ2n) is 7.03. The van der Waals surface area contributed by atoms with Gasteiger partial charge in [-0.25, -0.2) is 13.1 Å². The summed E-state index contributed by atoms with van der Waals surface area (Å²) in [7, 11) is -2.37. The van der Waals surface area contributed by atoms with Gasteiger partial charge in [0, 0.05) is 30.3 Å². The molecule has 8 nitrogen and oxygen atoms in total. The minimum atomic E-state index is -3.78. The van der Waals surface area contributed by atoms with E-state index in [1.807, 2.05) is 0 Å². The summed E-state index contributed by atoms with van der Waals surface area (Å²) in [5, 5.41) is 5.40. The highest BCUT2D eigenvalue weighted by Crippen LogP contribution is 2.24. The van der Waals surface area contributed by atoms with Crippen molar-refractivity contribution in [2.45, 2.75) is 25.7 Å². The lowest BCUT2D eigenvalue weighted by Gasteiger charge is -2.12. The SMILES string of the molecule is COc1ccc(C)cc1S(=O)(=O)NCCNC(=O)c1ccc(NC(=O)C(C)C)cc1. The molecule has 162 valence electrons. The van der Waals surface area contributed by atoms with Gasteiger partial charge in [-0.2, -0.15) is 0 Å². The number of rotatable bonds is 9. The van der Waals surface area contributed by atoms with Crippen LogP contribution in [-0.4, -0.2) is 40.4 Å². The molecule has 2 amide bonds. The van der Waals surface area contributed by atoms with E-state index in [1.54, 1.807) is 57.2 Å². The minimum Gasteiger partial charge on any atom is -0.495 e. The van der Waals surface area contributed by atoms with Crippen molar-refractivity contribution in [2.75, 3.05) is 25.5 Å². The molecule has 0 radical (unpaired) electrons. The van der Waals surface area contributed by atoms with Gasteiger partial charge in [0.05, 0.1) is 7.11 Å². The summed E-state index contributed by atoms with van der Waals surface area (Å²) in [4.78, 5) is 24.0. The maximum atomic E-state index is 12.5. The van der Waals surface area contributed by atoms with Gasteiger partial charge in [-0.3, -0.25) is 9.59 Å². The molecule has 0 heterocycles. The van der Waals surface area contributed by atoms with E-state index in [-0.39, 0.29) is 41.5 Å². The molecule has 0 aliphatic carbocycles. The van der Waals surface area contributed by atoms with Gasteiger partial charge in [-0.15, -0.1) is 0 Å². The molecule has 2 aromatic carbocycles. The molecule has 2 aromatic rings. The Morgan fingerprint density at radius 1 is 1.03 bits per heavy atom. The van der Waals surface area contributed by atoms with E-state index >= 15 is 0 Å². The molecule has 0 saturated carbocycles. The number of benzene rings is 2. The average Bonchev–Trinajstić information content (AvgIpc) is 2.71. The van der Waals surface area contributed by atoms with Gasteiger partial charge < -0.3 is 15.4 Å². The molecule has 2 rings (SSSR count). The summed E-state index contributed by atoms with van der Waals surface area (Å²) in [6.45, 7) is 5.50. The Morgan fingerprint density at radius 3 is 2.30 bits per heavy atom. The third kappa shape index (κ3) is 6.30. The predicted molar refractivity (Wildman–Crippen MR) is 115 cm³/mol. The smallest absolute Gasteiger partial charge is 0.251 e. The fraction of sp³-hybridized carbons (Fsp3) is 0.333. The molecule has 0 atom stereocenters. The van der Waals surface area contributed by atoms with Gasteiger partial charge in [-0.1, -0.05) is 19.9 Å². The zero-order valence-electron chi connectivity index (χ0n) is 17.5. The number of hydrogen-bond donors (Lipinski definition) is 3. The first kappa shape index (κ1) is 23.4. The molecular formula is C21H27N3O5S. The number of sulfonamides is 1. The van der Waals surface area contributed by atoms with Gasteiger partial charge >= 0.3 is 0 Å². The molecule has 0 spiro atoms. The van der Waals surface area contributed by atoms with Crippen LogP contribution in [0, 0.1) is 12.8 Å². The minimum absolute atomic E-state index is 0.0215. The first-order chi connectivity index (χ1) is 14.1. The third-order valence-electron chi connectivity index (χ3n) is 4.25. The summed E-state index contributed by atoms with van der Waals surface area (Å²) in [6, 6.07) is 11.3. The van der Waals surface area contributed by atoms with Crippen LogP contribution >= 0.6 is 0 Å². The molecule has 0 bridgehead atoms. The van der Waals surface area contributed by atoms with Gasteiger partial charge in [0.2, 0.25) is 15.9 Å². The molecular weight excluding hydrogens is 406 g/mol. The Hall–Kier alpha value is -2.91. The van der Waals surface area contributed by atoms with E-state index < -0.39 is 10.0 Å². The standard InChI is InChI=1S/C21H27N3O5S/c1-14(2)20(25)24-17-8-6-16(7-9-17)21(26)22-11-12-23-30(27,28)19-13-15(3)5-10-18(19)29-4/h5-10,13-14,23H,11-12H2,1-4H3,(H,22,26)(H,24,25). The number of hydrogen-bond acceptors (Lipinski definition) is 5. The van der Waals surface area contributed by atoms with Crippen molar-refractivity contribution in [3.8, 4) is 5.75 Å². The topological polar surface area (TPSA) is 114 Å². The van der Waals surface area contributed by atoms with E-state index in [1.165, 1.54) is 13.2 Å². The molecule has 30 heavy (non-hydrogen) atoms. The van der Waals surface area contributed by atoms with E-state index in [0.29, 0.717) is 11.3 Å². The molecule has 0 aliphatic rings. The van der Waals surface area contributed by atoms with Crippen LogP contribution in [0.2, 0.25) is 0 Å². The molecule has 3 N–H and O–H groups in total. The van der Waals surface area contributed by atoms with Crippen LogP contribution in [0.1, 0.15) is 29.8 Å². The Labute approximate surface area is 177 Å². The van der Waals surface area contributed by atoms with Crippen LogP contribution in [-0.2, 0) is 14.8 Å². The van der Waals surface area contributed by atoms with Crippen molar-refractivity contribution in [3.63, 3.8) is 0 Å². The number of nitrogens with one attached hydrogen (secondary N) is 3. The fourth-order valence-electron chi connectivity index (χ4n) is 2.53. The average molecular weight is 434 g/mol. The van der Waals surface area contributed by atoms with Crippen LogP contribution in [0.3, 0.4) is 0 Å². The summed E-state index contributed by atoms with van der Waals surface area (Å²) in [5.74, 6) is -0.341. The fourth-order valence-corrected chi connectivity index (χ4v) is 3.81. The Kier molecular flexibility index (Phi) is 7.96. The molecule has 0 aliphatic heterocycles. The lowest BCUT2D eigenvalue weighted by Crippen LogP contribution is -2.34. The number of ether oxygens (including phenoxy) is 1. The van der Waals surface area contributed by atoms with Crippen LogP contribution in [0.15, 0.2) is 47.4 Å². The molecule has 9 heteroatoms. The maximum Gasteiger partial charge on any atom is 0.251 e. The molecule has 0 unspecified atom stereocenters. The largest absolute Gasteiger partial charge is 0.495 e. The number of carbonyl (C=O) groups is 2. The first-order valence-electron chi connectivity index (χ1n) is 9.47. The molecule has 0 saturated heterocycles. The number of carbonyl (C=O) groups excluding carboxylic acids is 2. The summed E-state index contributed by atoms with van der Waals surface area (Å²) in [6.07, 6.45) is 0. The van der Waals surface area contributed by atoms with Crippen LogP contribution in [0.5, 0.6) is 5.75 Å². The van der Waals surface area contributed by atoms with Crippen molar-refractivity contribution in [3.05, 3.63) is 53.6 Å². The lowest BCUT2D eigenvalue weighted by molar-refractivity contribution is -0.118. The summed E-state index contributed by atoms with van der Waals surface area (Å²) in [5.41, 5.74) is 1.79. The van der Waals surface area contributed by atoms with Crippen molar-refractivity contribution >= 4 is 27.5 Å². The van der Waals surface area contributed by atoms with Crippen LogP contribution in [0.25, 0.3) is 0 Å². The van der Waals surface area contributed by atoms with Gasteiger partial charge in [0.1, 0.15) is 10.6 Å². The van der Waals surface area contributed by atoms with E-state index in [0.717, 1.165) is 5.56 Å². The Bertz CT molecular complexity index is 1000.